The Morgan fingerprint density at radius 1 is 0.893 bits per heavy atom. The zero-order chi connectivity index (χ0) is 19.6. The van der Waals surface area contributed by atoms with Crippen LogP contribution in [0.5, 0.6) is 0 Å². The second kappa shape index (κ2) is 11.3. The molecule has 1 heteroatoms. The quantitative estimate of drug-likeness (QED) is 0.353. The van der Waals surface area contributed by atoms with Gasteiger partial charge in [-0.05, 0) is 92.6 Å². The monoisotopic (exact) mass is 375 g/mol. The molecule has 0 spiro atoms. The average molecular weight is 376 g/mol. The minimum Gasteiger partial charge on any atom is -0.193 e. The summed E-state index contributed by atoms with van der Waals surface area (Å²) in [4.78, 5) is 0. The first kappa shape index (κ1) is 20.9. The van der Waals surface area contributed by atoms with Crippen molar-refractivity contribution < 1.29 is 0 Å². The molecule has 0 aliphatic heterocycles. The first-order chi connectivity index (χ1) is 13.8. The van der Waals surface area contributed by atoms with E-state index in [1.807, 2.05) is 18.2 Å². The van der Waals surface area contributed by atoms with E-state index in [1.54, 1.807) is 5.56 Å². The number of benzene rings is 1. The van der Waals surface area contributed by atoms with Gasteiger partial charge in [-0.25, -0.2) is 0 Å². The van der Waals surface area contributed by atoms with Gasteiger partial charge < -0.3 is 0 Å². The SMILES string of the molecule is CCc1ccc(C2CCC(C3CCC(CCC=CC=CC#N)CC3)CC2)cc1. The van der Waals surface area contributed by atoms with Crippen molar-refractivity contribution in [2.75, 3.05) is 0 Å². The maximum atomic E-state index is 8.48. The molecule has 1 nitrogen and oxygen atoms in total. The van der Waals surface area contributed by atoms with Crippen LogP contribution >= 0.6 is 0 Å². The zero-order valence-corrected chi connectivity index (χ0v) is 17.7. The van der Waals surface area contributed by atoms with E-state index in [4.69, 9.17) is 5.26 Å². The van der Waals surface area contributed by atoms with Crippen LogP contribution in [-0.4, -0.2) is 0 Å². The summed E-state index contributed by atoms with van der Waals surface area (Å²) >= 11 is 0. The molecule has 0 saturated heterocycles. The number of hydrogen-bond acceptors (Lipinski definition) is 1. The number of hydrogen-bond donors (Lipinski definition) is 0. The van der Waals surface area contributed by atoms with E-state index in [0.29, 0.717) is 0 Å². The van der Waals surface area contributed by atoms with Crippen LogP contribution in [0.1, 0.15) is 88.2 Å². The van der Waals surface area contributed by atoms with E-state index in [0.717, 1.165) is 36.5 Å². The predicted octanol–water partition coefficient (Wildman–Crippen LogP) is 7.75. The Hall–Kier alpha value is -1.81. The van der Waals surface area contributed by atoms with Crippen LogP contribution in [-0.2, 0) is 6.42 Å². The Balaban J connectivity index is 1.36. The average Bonchev–Trinajstić information content (AvgIpc) is 2.77. The molecule has 0 bridgehead atoms. The minimum absolute atomic E-state index is 0.806. The fourth-order valence-corrected chi connectivity index (χ4v) is 5.50. The number of nitrogens with zero attached hydrogens (tertiary/aromatic N) is 1. The lowest BCUT2D eigenvalue weighted by atomic mass is 9.68. The second-order valence-corrected chi connectivity index (χ2v) is 8.98. The number of rotatable bonds is 7. The highest BCUT2D eigenvalue weighted by atomic mass is 14.4. The molecule has 3 rings (SSSR count). The van der Waals surface area contributed by atoms with Crippen LogP contribution in [0.25, 0.3) is 0 Å². The van der Waals surface area contributed by atoms with Crippen molar-refractivity contribution in [1.82, 2.24) is 0 Å². The summed E-state index contributed by atoms with van der Waals surface area (Å²) in [5.41, 5.74) is 3.04. The van der Waals surface area contributed by atoms with Gasteiger partial charge in [0.15, 0.2) is 0 Å². The lowest BCUT2D eigenvalue weighted by Gasteiger charge is -2.38. The molecular formula is C27H37N. The molecule has 2 saturated carbocycles. The molecule has 0 atom stereocenters. The molecule has 2 aliphatic carbocycles. The molecular weight excluding hydrogens is 338 g/mol. The molecule has 0 amide bonds. The Bertz CT molecular complexity index is 659. The first-order valence-electron chi connectivity index (χ1n) is 11.6. The molecule has 2 aliphatic rings. The number of allylic oxidation sites excluding steroid dienone is 4. The van der Waals surface area contributed by atoms with Crippen molar-refractivity contribution in [2.45, 2.75) is 83.5 Å². The van der Waals surface area contributed by atoms with E-state index >= 15 is 0 Å². The Labute approximate surface area is 172 Å². The molecule has 2 fully saturated rings. The smallest absolute Gasteiger partial charge is 0.0912 e. The molecule has 0 radical (unpaired) electrons. The lowest BCUT2D eigenvalue weighted by Crippen LogP contribution is -2.25. The van der Waals surface area contributed by atoms with Gasteiger partial charge in [-0.1, -0.05) is 62.3 Å². The van der Waals surface area contributed by atoms with Gasteiger partial charge in [0.05, 0.1) is 6.07 Å². The highest BCUT2D eigenvalue weighted by molar-refractivity contribution is 5.25. The Morgan fingerprint density at radius 3 is 2.14 bits per heavy atom. The molecule has 0 aromatic heterocycles. The summed E-state index contributed by atoms with van der Waals surface area (Å²) in [7, 11) is 0. The van der Waals surface area contributed by atoms with Crippen molar-refractivity contribution in [2.24, 2.45) is 17.8 Å². The standard InChI is InChI=1S/C27H37N/c1-2-22-9-13-24(14-10-22)26-17-19-27(20-18-26)25-15-11-23(12-16-25)8-6-4-3-5-7-21-28/h3-5,7,9-10,13-14,23,25-27H,2,6,8,11-12,15-20H2,1H3. The summed E-state index contributed by atoms with van der Waals surface area (Å²) in [5.74, 6) is 3.71. The van der Waals surface area contributed by atoms with Gasteiger partial charge >= 0.3 is 0 Å². The van der Waals surface area contributed by atoms with Crippen LogP contribution in [0.3, 0.4) is 0 Å². The van der Waals surface area contributed by atoms with Crippen LogP contribution in [0.15, 0.2) is 48.6 Å². The third-order valence-corrected chi connectivity index (χ3v) is 7.35. The summed E-state index contributed by atoms with van der Waals surface area (Å²) in [6.45, 7) is 2.24. The molecule has 0 N–H and O–H groups in total. The summed E-state index contributed by atoms with van der Waals surface area (Å²) in [6.07, 6.45) is 22.7. The normalized spacial score (nSPS) is 28.6. The lowest BCUT2D eigenvalue weighted by molar-refractivity contribution is 0.157. The van der Waals surface area contributed by atoms with E-state index in [-0.39, 0.29) is 0 Å². The molecule has 0 unspecified atom stereocenters. The minimum atomic E-state index is 0.806. The first-order valence-corrected chi connectivity index (χ1v) is 11.6. The van der Waals surface area contributed by atoms with Gasteiger partial charge in [0.2, 0.25) is 0 Å². The van der Waals surface area contributed by atoms with E-state index < -0.39 is 0 Å². The summed E-state index contributed by atoms with van der Waals surface area (Å²) in [5, 5.41) is 8.48. The molecule has 150 valence electrons. The Kier molecular flexibility index (Phi) is 8.41. The largest absolute Gasteiger partial charge is 0.193 e. The topological polar surface area (TPSA) is 23.8 Å². The van der Waals surface area contributed by atoms with Gasteiger partial charge in [-0.15, -0.1) is 0 Å². The maximum absolute atomic E-state index is 8.48. The zero-order valence-electron chi connectivity index (χ0n) is 17.7. The van der Waals surface area contributed by atoms with Crippen molar-refractivity contribution >= 4 is 0 Å². The number of nitriles is 1. The van der Waals surface area contributed by atoms with Crippen molar-refractivity contribution in [1.29, 1.82) is 5.26 Å². The van der Waals surface area contributed by atoms with Crippen LogP contribution < -0.4 is 0 Å². The second-order valence-electron chi connectivity index (χ2n) is 8.98. The van der Waals surface area contributed by atoms with E-state index in [2.05, 4.69) is 37.3 Å². The van der Waals surface area contributed by atoms with E-state index in [1.165, 1.54) is 69.4 Å². The van der Waals surface area contributed by atoms with Crippen LogP contribution in [0, 0.1) is 29.1 Å². The third-order valence-electron chi connectivity index (χ3n) is 7.35. The van der Waals surface area contributed by atoms with Crippen molar-refractivity contribution in [3.8, 4) is 6.07 Å². The summed E-state index contributed by atoms with van der Waals surface area (Å²) < 4.78 is 0. The highest BCUT2D eigenvalue weighted by Crippen LogP contribution is 2.44. The highest BCUT2D eigenvalue weighted by Gasteiger charge is 2.31. The van der Waals surface area contributed by atoms with Crippen molar-refractivity contribution in [3.63, 3.8) is 0 Å². The van der Waals surface area contributed by atoms with Gasteiger partial charge in [-0.3, -0.25) is 0 Å². The third kappa shape index (κ3) is 6.10. The van der Waals surface area contributed by atoms with E-state index in [9.17, 15) is 0 Å². The van der Waals surface area contributed by atoms with Gasteiger partial charge in [0.25, 0.3) is 0 Å². The maximum Gasteiger partial charge on any atom is 0.0912 e. The van der Waals surface area contributed by atoms with Gasteiger partial charge in [0, 0.05) is 6.08 Å². The van der Waals surface area contributed by atoms with Crippen molar-refractivity contribution in [3.05, 3.63) is 59.7 Å². The number of aryl methyl sites for hydroxylation is 1. The molecule has 0 heterocycles. The molecule has 1 aromatic rings. The predicted molar refractivity (Wildman–Crippen MR) is 119 cm³/mol. The summed E-state index contributed by atoms with van der Waals surface area (Å²) in [6, 6.07) is 11.5. The van der Waals surface area contributed by atoms with Gasteiger partial charge in [-0.2, -0.15) is 5.26 Å². The van der Waals surface area contributed by atoms with Crippen LogP contribution in [0.2, 0.25) is 0 Å². The fourth-order valence-electron chi connectivity index (χ4n) is 5.50. The fraction of sp³-hybridized carbons (Fsp3) is 0.593. The van der Waals surface area contributed by atoms with Crippen LogP contribution in [0.4, 0.5) is 0 Å². The molecule has 1 aromatic carbocycles. The Morgan fingerprint density at radius 2 is 1.54 bits per heavy atom. The molecule has 28 heavy (non-hydrogen) atoms. The van der Waals surface area contributed by atoms with Gasteiger partial charge in [0.1, 0.15) is 0 Å².